The number of amides is 1. The first kappa shape index (κ1) is 13.4. The van der Waals surface area contributed by atoms with E-state index in [2.05, 4.69) is 5.32 Å². The Kier molecular flexibility index (Phi) is 4.32. The van der Waals surface area contributed by atoms with Crippen LogP contribution < -0.4 is 11.1 Å². The molecule has 1 heterocycles. The van der Waals surface area contributed by atoms with Gasteiger partial charge in [-0.3, -0.25) is 4.79 Å². The van der Waals surface area contributed by atoms with Crippen LogP contribution in [0.2, 0.25) is 0 Å². The second kappa shape index (κ2) is 5.14. The van der Waals surface area contributed by atoms with E-state index in [0.29, 0.717) is 12.8 Å². The van der Waals surface area contributed by atoms with E-state index >= 15 is 0 Å². The highest BCUT2D eigenvalue weighted by Crippen LogP contribution is 2.19. The van der Waals surface area contributed by atoms with Crippen LogP contribution in [0.4, 0.5) is 0 Å². The fourth-order valence-corrected chi connectivity index (χ4v) is 3.49. The monoisotopic (exact) mass is 248 g/mol. The highest BCUT2D eigenvalue weighted by atomic mass is 32.2. The van der Waals surface area contributed by atoms with E-state index in [1.165, 1.54) is 0 Å². The minimum Gasteiger partial charge on any atom is -0.353 e. The molecule has 0 spiro atoms. The van der Waals surface area contributed by atoms with Crippen LogP contribution in [0.1, 0.15) is 26.7 Å². The molecule has 94 valence electrons. The SMILES string of the molecule is CC(C)[C@@H](N)C(=O)NCC1CCCS1(=O)=O. The first-order chi connectivity index (χ1) is 7.34. The summed E-state index contributed by atoms with van der Waals surface area (Å²) < 4.78 is 23.0. The molecular weight excluding hydrogens is 228 g/mol. The smallest absolute Gasteiger partial charge is 0.237 e. The average Bonchev–Trinajstić information content (AvgIpc) is 2.52. The standard InChI is InChI=1S/C10H20N2O3S/c1-7(2)9(11)10(13)12-6-8-4-3-5-16(8,14)15/h7-9H,3-6,11H2,1-2H3,(H,12,13)/t8?,9-/m1/s1. The third-order valence-corrected chi connectivity index (χ3v) is 5.26. The molecule has 1 amide bonds. The summed E-state index contributed by atoms with van der Waals surface area (Å²) in [6, 6.07) is -0.566. The molecule has 1 rings (SSSR count). The van der Waals surface area contributed by atoms with E-state index in [4.69, 9.17) is 5.73 Å². The highest BCUT2D eigenvalue weighted by molar-refractivity contribution is 7.92. The highest BCUT2D eigenvalue weighted by Gasteiger charge is 2.31. The summed E-state index contributed by atoms with van der Waals surface area (Å²) in [6.45, 7) is 3.91. The summed E-state index contributed by atoms with van der Waals surface area (Å²) in [6.07, 6.45) is 1.33. The van der Waals surface area contributed by atoms with Crippen molar-refractivity contribution >= 4 is 15.7 Å². The number of nitrogens with one attached hydrogen (secondary N) is 1. The number of hydrogen-bond acceptors (Lipinski definition) is 4. The van der Waals surface area contributed by atoms with Gasteiger partial charge in [-0.15, -0.1) is 0 Å². The van der Waals surface area contributed by atoms with E-state index < -0.39 is 21.1 Å². The second-order valence-corrected chi connectivity index (χ2v) is 7.05. The first-order valence-corrected chi connectivity index (χ1v) is 7.31. The molecule has 0 aromatic rings. The van der Waals surface area contributed by atoms with Gasteiger partial charge in [0.1, 0.15) is 0 Å². The van der Waals surface area contributed by atoms with Gasteiger partial charge in [0.2, 0.25) is 5.91 Å². The van der Waals surface area contributed by atoms with Crippen LogP contribution in [-0.2, 0) is 14.6 Å². The van der Waals surface area contributed by atoms with Crippen molar-refractivity contribution in [2.24, 2.45) is 11.7 Å². The topological polar surface area (TPSA) is 89.3 Å². The normalized spacial score (nSPS) is 25.6. The minimum atomic E-state index is -2.98. The van der Waals surface area contributed by atoms with Crippen molar-refractivity contribution in [3.63, 3.8) is 0 Å². The third kappa shape index (κ3) is 3.18. The molecule has 1 fully saturated rings. The molecule has 0 radical (unpaired) electrons. The second-order valence-electron chi connectivity index (χ2n) is 4.65. The molecule has 0 aromatic heterocycles. The molecular formula is C10H20N2O3S. The van der Waals surface area contributed by atoms with E-state index in [1.807, 2.05) is 13.8 Å². The zero-order valence-corrected chi connectivity index (χ0v) is 10.6. The summed E-state index contributed by atoms with van der Waals surface area (Å²) in [7, 11) is -2.98. The lowest BCUT2D eigenvalue weighted by atomic mass is 10.1. The number of nitrogens with two attached hydrogens (primary N) is 1. The quantitative estimate of drug-likeness (QED) is 0.712. The van der Waals surface area contributed by atoms with Gasteiger partial charge in [-0.05, 0) is 18.8 Å². The lowest BCUT2D eigenvalue weighted by Gasteiger charge is -2.17. The lowest BCUT2D eigenvalue weighted by Crippen LogP contribution is -2.46. The largest absolute Gasteiger partial charge is 0.353 e. The molecule has 1 saturated heterocycles. The van der Waals surface area contributed by atoms with Crippen LogP contribution in [0.15, 0.2) is 0 Å². The van der Waals surface area contributed by atoms with E-state index in [1.54, 1.807) is 0 Å². The summed E-state index contributed by atoms with van der Waals surface area (Å²) in [4.78, 5) is 11.5. The van der Waals surface area contributed by atoms with Crippen LogP contribution in [0.25, 0.3) is 0 Å². The zero-order valence-electron chi connectivity index (χ0n) is 9.77. The van der Waals surface area contributed by atoms with Crippen LogP contribution in [0.3, 0.4) is 0 Å². The van der Waals surface area contributed by atoms with Gasteiger partial charge in [-0.25, -0.2) is 8.42 Å². The molecule has 6 heteroatoms. The lowest BCUT2D eigenvalue weighted by molar-refractivity contribution is -0.123. The van der Waals surface area contributed by atoms with Gasteiger partial charge >= 0.3 is 0 Å². The summed E-state index contributed by atoms with van der Waals surface area (Å²) in [5, 5.41) is 2.20. The van der Waals surface area contributed by atoms with Crippen molar-refractivity contribution in [2.45, 2.75) is 38.0 Å². The van der Waals surface area contributed by atoms with Crippen LogP contribution >= 0.6 is 0 Å². The average molecular weight is 248 g/mol. The molecule has 5 nitrogen and oxygen atoms in total. The summed E-state index contributed by atoms with van der Waals surface area (Å²) >= 11 is 0. The number of carbonyl (C=O) groups is 1. The molecule has 0 aromatic carbocycles. The van der Waals surface area contributed by atoms with Gasteiger partial charge in [0.05, 0.1) is 17.0 Å². The Balaban J connectivity index is 2.44. The van der Waals surface area contributed by atoms with Crippen LogP contribution in [0, 0.1) is 5.92 Å². The Morgan fingerprint density at radius 2 is 2.12 bits per heavy atom. The fraction of sp³-hybridized carbons (Fsp3) is 0.900. The fourth-order valence-electron chi connectivity index (χ4n) is 1.72. The Morgan fingerprint density at radius 1 is 1.50 bits per heavy atom. The molecule has 0 bridgehead atoms. The van der Waals surface area contributed by atoms with Crippen LogP contribution in [-0.4, -0.2) is 37.9 Å². The molecule has 1 aliphatic heterocycles. The van der Waals surface area contributed by atoms with Gasteiger partial charge in [0.15, 0.2) is 9.84 Å². The maximum Gasteiger partial charge on any atom is 0.237 e. The predicted molar refractivity (Wildman–Crippen MR) is 62.6 cm³/mol. The minimum absolute atomic E-state index is 0.0557. The van der Waals surface area contributed by atoms with Crippen molar-refractivity contribution in [3.8, 4) is 0 Å². The molecule has 16 heavy (non-hydrogen) atoms. The third-order valence-electron chi connectivity index (χ3n) is 2.99. The van der Waals surface area contributed by atoms with E-state index in [-0.39, 0.29) is 24.1 Å². The van der Waals surface area contributed by atoms with Gasteiger partial charge in [-0.2, -0.15) is 0 Å². The molecule has 2 atom stereocenters. The molecule has 3 N–H and O–H groups in total. The summed E-state index contributed by atoms with van der Waals surface area (Å²) in [5.41, 5.74) is 5.65. The van der Waals surface area contributed by atoms with Crippen molar-refractivity contribution in [3.05, 3.63) is 0 Å². The molecule has 1 unspecified atom stereocenters. The first-order valence-electron chi connectivity index (χ1n) is 5.59. The van der Waals surface area contributed by atoms with Gasteiger partial charge in [-0.1, -0.05) is 13.8 Å². The maximum atomic E-state index is 11.5. The number of hydrogen-bond donors (Lipinski definition) is 2. The molecule has 0 aliphatic carbocycles. The van der Waals surface area contributed by atoms with Gasteiger partial charge in [0, 0.05) is 6.54 Å². The van der Waals surface area contributed by atoms with Crippen molar-refractivity contribution in [1.82, 2.24) is 5.32 Å². The zero-order chi connectivity index (χ0) is 12.3. The summed E-state index contributed by atoms with van der Waals surface area (Å²) in [5.74, 6) is 0.0290. The van der Waals surface area contributed by atoms with Crippen molar-refractivity contribution in [2.75, 3.05) is 12.3 Å². The van der Waals surface area contributed by atoms with E-state index in [9.17, 15) is 13.2 Å². The van der Waals surface area contributed by atoms with Gasteiger partial charge < -0.3 is 11.1 Å². The number of sulfone groups is 1. The number of rotatable bonds is 4. The molecule has 0 saturated carbocycles. The Morgan fingerprint density at radius 3 is 2.56 bits per heavy atom. The van der Waals surface area contributed by atoms with E-state index in [0.717, 1.165) is 0 Å². The predicted octanol–water partition coefficient (Wildman–Crippen LogP) is -0.337. The van der Waals surface area contributed by atoms with Crippen molar-refractivity contribution in [1.29, 1.82) is 0 Å². The van der Waals surface area contributed by atoms with Crippen molar-refractivity contribution < 1.29 is 13.2 Å². The van der Waals surface area contributed by atoms with Crippen LogP contribution in [0.5, 0.6) is 0 Å². The molecule has 1 aliphatic rings. The Hall–Kier alpha value is -0.620. The van der Waals surface area contributed by atoms with Gasteiger partial charge in [0.25, 0.3) is 0 Å². The maximum absolute atomic E-state index is 11.5. The Labute approximate surface area is 96.7 Å². The Bertz CT molecular complexity index is 351. The number of carbonyl (C=O) groups excluding carboxylic acids is 1.